The van der Waals surface area contributed by atoms with Gasteiger partial charge in [-0.3, -0.25) is 0 Å². The van der Waals surface area contributed by atoms with Crippen LogP contribution in [0, 0.1) is 0 Å². The standard InChI is InChI=1S/C17H23N3O5S/c1-20(2)26(22,23)16-8-3-6-14(12-16)19-17(21)18-9-5-10-24-13-15-7-4-11-25-15/h3-4,6-8,11-12H,5,9-10,13H2,1-2H3,(H2,18,19,21). The summed E-state index contributed by atoms with van der Waals surface area (Å²) in [5, 5.41) is 5.31. The van der Waals surface area contributed by atoms with E-state index in [9.17, 15) is 13.2 Å². The van der Waals surface area contributed by atoms with Crippen molar-refractivity contribution in [2.75, 3.05) is 32.6 Å². The molecule has 0 aliphatic rings. The average Bonchev–Trinajstić information content (AvgIpc) is 3.11. The highest BCUT2D eigenvalue weighted by Crippen LogP contribution is 2.17. The highest BCUT2D eigenvalue weighted by molar-refractivity contribution is 7.89. The van der Waals surface area contributed by atoms with Crippen molar-refractivity contribution >= 4 is 21.7 Å². The maximum atomic E-state index is 12.1. The van der Waals surface area contributed by atoms with Crippen molar-refractivity contribution in [2.45, 2.75) is 17.9 Å². The Bertz CT molecular complexity index is 804. The average molecular weight is 381 g/mol. The van der Waals surface area contributed by atoms with Gasteiger partial charge in [0.15, 0.2) is 0 Å². The van der Waals surface area contributed by atoms with Gasteiger partial charge >= 0.3 is 6.03 Å². The SMILES string of the molecule is CN(C)S(=O)(=O)c1cccc(NC(=O)NCCCOCc2ccco2)c1. The third-order valence-corrected chi connectivity index (χ3v) is 5.26. The lowest BCUT2D eigenvalue weighted by Crippen LogP contribution is -2.30. The summed E-state index contributed by atoms with van der Waals surface area (Å²) in [5.74, 6) is 0.753. The molecule has 0 saturated carbocycles. The van der Waals surface area contributed by atoms with E-state index < -0.39 is 16.1 Å². The quantitative estimate of drug-likeness (QED) is 0.649. The Hall–Kier alpha value is -2.36. The predicted molar refractivity (Wildman–Crippen MR) is 97.3 cm³/mol. The van der Waals surface area contributed by atoms with E-state index in [0.29, 0.717) is 31.9 Å². The number of carbonyl (C=O) groups is 1. The molecule has 0 unspecified atom stereocenters. The maximum absolute atomic E-state index is 12.1. The van der Waals surface area contributed by atoms with Gasteiger partial charge in [0.1, 0.15) is 12.4 Å². The van der Waals surface area contributed by atoms with Crippen molar-refractivity contribution in [3.05, 3.63) is 48.4 Å². The molecule has 2 aromatic rings. The number of hydrogen-bond donors (Lipinski definition) is 2. The molecule has 0 spiro atoms. The van der Waals surface area contributed by atoms with E-state index in [1.807, 2.05) is 6.07 Å². The number of ether oxygens (including phenoxy) is 1. The van der Waals surface area contributed by atoms with Crippen LogP contribution >= 0.6 is 0 Å². The number of furan rings is 1. The van der Waals surface area contributed by atoms with Gasteiger partial charge in [0.2, 0.25) is 10.0 Å². The zero-order valence-electron chi connectivity index (χ0n) is 14.8. The molecule has 0 bridgehead atoms. The number of nitrogens with one attached hydrogen (secondary N) is 2. The Labute approximate surface area is 153 Å². The van der Waals surface area contributed by atoms with Crippen LogP contribution in [0.5, 0.6) is 0 Å². The lowest BCUT2D eigenvalue weighted by atomic mass is 10.3. The van der Waals surface area contributed by atoms with Gasteiger partial charge in [-0.25, -0.2) is 17.5 Å². The van der Waals surface area contributed by atoms with Gasteiger partial charge < -0.3 is 19.8 Å². The molecule has 0 fully saturated rings. The highest BCUT2D eigenvalue weighted by atomic mass is 32.2. The first kappa shape index (κ1) is 20.0. The minimum absolute atomic E-state index is 0.117. The van der Waals surface area contributed by atoms with Crippen LogP contribution in [-0.4, -0.2) is 46.0 Å². The summed E-state index contributed by atoms with van der Waals surface area (Å²) in [7, 11) is -0.635. The lowest BCUT2D eigenvalue weighted by Gasteiger charge is -2.13. The molecule has 0 radical (unpaired) electrons. The highest BCUT2D eigenvalue weighted by Gasteiger charge is 2.17. The van der Waals surface area contributed by atoms with E-state index in [2.05, 4.69) is 10.6 Å². The number of carbonyl (C=O) groups excluding carboxylic acids is 1. The first-order valence-electron chi connectivity index (χ1n) is 8.07. The van der Waals surface area contributed by atoms with Gasteiger partial charge in [-0.05, 0) is 36.8 Å². The Balaban J connectivity index is 1.72. The molecule has 0 aliphatic heterocycles. The van der Waals surface area contributed by atoms with Gasteiger partial charge in [-0.1, -0.05) is 6.07 Å². The number of urea groups is 1. The molecule has 0 saturated heterocycles. The maximum Gasteiger partial charge on any atom is 0.319 e. The van der Waals surface area contributed by atoms with Crippen LogP contribution in [0.15, 0.2) is 52.0 Å². The van der Waals surface area contributed by atoms with Crippen LogP contribution in [0.2, 0.25) is 0 Å². The van der Waals surface area contributed by atoms with E-state index in [-0.39, 0.29) is 4.90 Å². The van der Waals surface area contributed by atoms with E-state index in [1.165, 1.54) is 26.2 Å². The molecule has 142 valence electrons. The smallest absolute Gasteiger partial charge is 0.319 e. The number of amides is 2. The van der Waals surface area contributed by atoms with Crippen molar-refractivity contribution in [1.29, 1.82) is 0 Å². The zero-order chi connectivity index (χ0) is 19.0. The Morgan fingerprint density at radius 1 is 1.23 bits per heavy atom. The van der Waals surface area contributed by atoms with E-state index >= 15 is 0 Å². The normalized spacial score (nSPS) is 11.5. The molecule has 1 heterocycles. The Kier molecular flexibility index (Phi) is 7.19. The summed E-state index contributed by atoms with van der Waals surface area (Å²) in [6.07, 6.45) is 2.23. The minimum atomic E-state index is -3.54. The summed E-state index contributed by atoms with van der Waals surface area (Å²) in [5.41, 5.74) is 0.402. The van der Waals surface area contributed by atoms with Crippen molar-refractivity contribution in [2.24, 2.45) is 0 Å². The first-order valence-corrected chi connectivity index (χ1v) is 9.51. The molecular weight excluding hydrogens is 358 g/mol. The summed E-state index contributed by atoms with van der Waals surface area (Å²) in [4.78, 5) is 12.0. The third-order valence-electron chi connectivity index (χ3n) is 3.45. The summed E-state index contributed by atoms with van der Waals surface area (Å²) >= 11 is 0. The van der Waals surface area contributed by atoms with Crippen LogP contribution in [0.3, 0.4) is 0 Å². The van der Waals surface area contributed by atoms with Crippen LogP contribution in [0.1, 0.15) is 12.2 Å². The lowest BCUT2D eigenvalue weighted by molar-refractivity contribution is 0.104. The van der Waals surface area contributed by atoms with E-state index in [1.54, 1.807) is 24.5 Å². The number of rotatable bonds is 9. The van der Waals surface area contributed by atoms with Crippen LogP contribution in [0.25, 0.3) is 0 Å². The van der Waals surface area contributed by atoms with Gasteiger partial charge in [-0.15, -0.1) is 0 Å². The second-order valence-electron chi connectivity index (χ2n) is 5.68. The fourth-order valence-electron chi connectivity index (χ4n) is 2.06. The molecule has 2 rings (SSSR count). The fourth-order valence-corrected chi connectivity index (χ4v) is 3.01. The molecule has 1 aromatic carbocycles. The summed E-state index contributed by atoms with van der Waals surface area (Å²) < 4.78 is 35.9. The van der Waals surface area contributed by atoms with Crippen molar-refractivity contribution in [3.63, 3.8) is 0 Å². The second kappa shape index (κ2) is 9.37. The van der Waals surface area contributed by atoms with Gasteiger partial charge in [-0.2, -0.15) is 0 Å². The molecular formula is C17H23N3O5S. The minimum Gasteiger partial charge on any atom is -0.467 e. The molecule has 9 heteroatoms. The molecule has 2 amide bonds. The number of anilines is 1. The Morgan fingerprint density at radius 3 is 2.73 bits per heavy atom. The number of sulfonamides is 1. The molecule has 26 heavy (non-hydrogen) atoms. The molecule has 8 nitrogen and oxygen atoms in total. The number of hydrogen-bond acceptors (Lipinski definition) is 5. The zero-order valence-corrected chi connectivity index (χ0v) is 15.6. The van der Waals surface area contributed by atoms with Gasteiger partial charge in [0.25, 0.3) is 0 Å². The molecule has 0 aliphatic carbocycles. The van der Waals surface area contributed by atoms with Crippen molar-refractivity contribution < 1.29 is 22.4 Å². The summed E-state index contributed by atoms with van der Waals surface area (Å²) in [6, 6.07) is 9.32. The monoisotopic (exact) mass is 381 g/mol. The number of nitrogens with zero attached hydrogens (tertiary/aromatic N) is 1. The van der Waals surface area contributed by atoms with Gasteiger partial charge in [0, 0.05) is 32.9 Å². The largest absolute Gasteiger partial charge is 0.467 e. The summed E-state index contributed by atoms with van der Waals surface area (Å²) in [6.45, 7) is 1.31. The van der Waals surface area contributed by atoms with Crippen LogP contribution in [0.4, 0.5) is 10.5 Å². The van der Waals surface area contributed by atoms with Crippen LogP contribution in [-0.2, 0) is 21.4 Å². The molecule has 0 atom stereocenters. The predicted octanol–water partition coefficient (Wildman–Crippen LogP) is 2.26. The third kappa shape index (κ3) is 5.87. The van der Waals surface area contributed by atoms with Crippen molar-refractivity contribution in [1.82, 2.24) is 9.62 Å². The second-order valence-corrected chi connectivity index (χ2v) is 7.83. The molecule has 2 N–H and O–H groups in total. The molecule has 1 aromatic heterocycles. The fraction of sp³-hybridized carbons (Fsp3) is 0.353. The first-order chi connectivity index (χ1) is 12.4. The van der Waals surface area contributed by atoms with E-state index in [4.69, 9.17) is 9.15 Å². The van der Waals surface area contributed by atoms with E-state index in [0.717, 1.165) is 10.1 Å². The van der Waals surface area contributed by atoms with Gasteiger partial charge in [0.05, 0.1) is 11.2 Å². The number of benzene rings is 1. The topological polar surface area (TPSA) is 101 Å². The van der Waals surface area contributed by atoms with Crippen molar-refractivity contribution in [3.8, 4) is 0 Å². The van der Waals surface area contributed by atoms with Crippen LogP contribution < -0.4 is 10.6 Å². The Morgan fingerprint density at radius 2 is 2.04 bits per heavy atom.